The van der Waals surface area contributed by atoms with Crippen molar-refractivity contribution in [3.05, 3.63) is 35.4 Å². The number of aryl methyl sites for hydroxylation is 1. The molecule has 108 valence electrons. The monoisotopic (exact) mass is 263 g/mol. The van der Waals surface area contributed by atoms with Crippen LogP contribution in [0.25, 0.3) is 0 Å². The Kier molecular flexibility index (Phi) is 7.11. The highest BCUT2D eigenvalue weighted by Crippen LogP contribution is 2.17. The first-order valence-electron chi connectivity index (χ1n) is 7.46. The molecule has 1 rings (SSSR count). The maximum absolute atomic E-state index is 5.93. The Balaban J connectivity index is 2.58. The maximum Gasteiger partial charge on any atom is 0.0665 e. The van der Waals surface area contributed by atoms with Crippen molar-refractivity contribution in [2.45, 2.75) is 52.7 Å². The Hall–Kier alpha value is -0.860. The fourth-order valence-corrected chi connectivity index (χ4v) is 1.99. The smallest absolute Gasteiger partial charge is 0.0665 e. The lowest BCUT2D eigenvalue weighted by molar-refractivity contribution is 0.0229. The number of nitrogens with one attached hydrogen (secondary N) is 1. The van der Waals surface area contributed by atoms with Crippen molar-refractivity contribution in [3.63, 3.8) is 0 Å². The first-order valence-corrected chi connectivity index (χ1v) is 7.46. The van der Waals surface area contributed by atoms with Crippen LogP contribution in [0.3, 0.4) is 0 Å². The molecule has 0 aliphatic rings. The number of hydrogen-bond donors (Lipinski definition) is 1. The predicted octanol–water partition coefficient (Wildman–Crippen LogP) is 3.96. The molecule has 1 aromatic carbocycles. The van der Waals surface area contributed by atoms with Crippen molar-refractivity contribution in [1.29, 1.82) is 0 Å². The zero-order chi connectivity index (χ0) is 14.3. The molecule has 0 aromatic heterocycles. The average molecular weight is 263 g/mol. The van der Waals surface area contributed by atoms with Crippen LogP contribution in [0.4, 0.5) is 0 Å². The van der Waals surface area contributed by atoms with E-state index < -0.39 is 0 Å². The van der Waals surface area contributed by atoms with Crippen LogP contribution in [0.2, 0.25) is 0 Å². The lowest BCUT2D eigenvalue weighted by Crippen LogP contribution is -2.26. The summed E-state index contributed by atoms with van der Waals surface area (Å²) in [5, 5.41) is 3.34. The molecule has 0 spiro atoms. The van der Waals surface area contributed by atoms with Crippen LogP contribution < -0.4 is 5.32 Å². The molecule has 1 aromatic rings. The van der Waals surface area contributed by atoms with Crippen molar-refractivity contribution in [1.82, 2.24) is 5.32 Å². The summed E-state index contributed by atoms with van der Waals surface area (Å²) in [5.74, 6) is 0.560. The van der Waals surface area contributed by atoms with E-state index in [1.54, 1.807) is 0 Å². The van der Waals surface area contributed by atoms with Gasteiger partial charge in [0.15, 0.2) is 0 Å². The van der Waals surface area contributed by atoms with Gasteiger partial charge in [0.05, 0.1) is 18.8 Å². The summed E-state index contributed by atoms with van der Waals surface area (Å²) < 4.78 is 5.93. The summed E-state index contributed by atoms with van der Waals surface area (Å²) in [6.07, 6.45) is 2.66. The van der Waals surface area contributed by atoms with Gasteiger partial charge >= 0.3 is 0 Å². The number of likely N-dealkylation sites (N-methyl/N-ethyl adjacent to an activating group) is 1. The summed E-state index contributed by atoms with van der Waals surface area (Å²) in [4.78, 5) is 0. The van der Waals surface area contributed by atoms with Gasteiger partial charge in [-0.25, -0.2) is 0 Å². The first kappa shape index (κ1) is 16.2. The van der Waals surface area contributed by atoms with Gasteiger partial charge in [-0.1, -0.05) is 51.5 Å². The van der Waals surface area contributed by atoms with E-state index in [1.807, 2.05) is 7.05 Å². The standard InChI is InChI=1S/C17H29NO/c1-6-7-15-8-10-16(11-9-15)17(18-5)12-19-14(4)13(2)3/h8-11,13-14,17-18H,6-7,12H2,1-5H3. The van der Waals surface area contributed by atoms with Crippen molar-refractivity contribution < 1.29 is 4.74 Å². The summed E-state index contributed by atoms with van der Waals surface area (Å²) in [6.45, 7) is 9.47. The zero-order valence-corrected chi connectivity index (χ0v) is 13.1. The van der Waals surface area contributed by atoms with Crippen molar-refractivity contribution in [3.8, 4) is 0 Å². The van der Waals surface area contributed by atoms with Gasteiger partial charge in [0.25, 0.3) is 0 Å². The normalized spacial score (nSPS) is 14.6. The number of benzene rings is 1. The van der Waals surface area contributed by atoms with Gasteiger partial charge in [-0.2, -0.15) is 0 Å². The molecule has 2 unspecified atom stereocenters. The van der Waals surface area contributed by atoms with Crippen LogP contribution in [0.5, 0.6) is 0 Å². The SMILES string of the molecule is CCCc1ccc(C(COC(C)C(C)C)NC)cc1. The summed E-state index contributed by atoms with van der Waals surface area (Å²) in [7, 11) is 1.99. The molecular weight excluding hydrogens is 234 g/mol. The van der Waals surface area contributed by atoms with E-state index in [0.29, 0.717) is 12.0 Å². The van der Waals surface area contributed by atoms with Crippen LogP contribution in [0.1, 0.15) is 51.3 Å². The Morgan fingerprint density at radius 2 is 1.74 bits per heavy atom. The molecule has 2 atom stereocenters. The topological polar surface area (TPSA) is 21.3 Å². The molecule has 0 radical (unpaired) electrons. The van der Waals surface area contributed by atoms with Crippen LogP contribution in [0.15, 0.2) is 24.3 Å². The largest absolute Gasteiger partial charge is 0.376 e. The molecule has 19 heavy (non-hydrogen) atoms. The first-order chi connectivity index (χ1) is 9.08. The van der Waals surface area contributed by atoms with Crippen molar-refractivity contribution in [2.24, 2.45) is 5.92 Å². The second-order valence-electron chi connectivity index (χ2n) is 5.62. The molecule has 0 fully saturated rings. The summed E-state index contributed by atoms with van der Waals surface area (Å²) in [5.41, 5.74) is 2.72. The van der Waals surface area contributed by atoms with Crippen LogP contribution in [-0.4, -0.2) is 19.8 Å². The molecule has 0 amide bonds. The van der Waals surface area contributed by atoms with E-state index in [1.165, 1.54) is 17.5 Å². The third-order valence-electron chi connectivity index (χ3n) is 3.73. The lowest BCUT2D eigenvalue weighted by atomic mass is 10.0. The highest BCUT2D eigenvalue weighted by Gasteiger charge is 2.13. The van der Waals surface area contributed by atoms with Crippen LogP contribution in [-0.2, 0) is 11.2 Å². The quantitative estimate of drug-likeness (QED) is 0.766. The van der Waals surface area contributed by atoms with E-state index >= 15 is 0 Å². The predicted molar refractivity (Wildman–Crippen MR) is 82.5 cm³/mol. The number of hydrogen-bond acceptors (Lipinski definition) is 2. The summed E-state index contributed by atoms with van der Waals surface area (Å²) >= 11 is 0. The van der Waals surface area contributed by atoms with E-state index in [0.717, 1.165) is 13.0 Å². The van der Waals surface area contributed by atoms with Gasteiger partial charge in [0, 0.05) is 0 Å². The molecule has 0 bridgehead atoms. The minimum atomic E-state index is 0.275. The molecule has 0 aliphatic heterocycles. The molecular formula is C17H29NO. The average Bonchev–Trinajstić information content (AvgIpc) is 2.41. The van der Waals surface area contributed by atoms with Gasteiger partial charge < -0.3 is 10.1 Å². The molecule has 0 saturated heterocycles. The van der Waals surface area contributed by atoms with E-state index in [-0.39, 0.29) is 6.04 Å². The molecule has 0 heterocycles. The van der Waals surface area contributed by atoms with Gasteiger partial charge in [-0.05, 0) is 37.4 Å². The van der Waals surface area contributed by atoms with Crippen molar-refractivity contribution >= 4 is 0 Å². The third-order valence-corrected chi connectivity index (χ3v) is 3.73. The molecule has 0 saturated carbocycles. The van der Waals surface area contributed by atoms with Gasteiger partial charge in [-0.15, -0.1) is 0 Å². The van der Waals surface area contributed by atoms with Crippen molar-refractivity contribution in [2.75, 3.05) is 13.7 Å². The second kappa shape index (κ2) is 8.34. The molecule has 1 N–H and O–H groups in total. The van der Waals surface area contributed by atoms with Crippen LogP contribution >= 0.6 is 0 Å². The van der Waals surface area contributed by atoms with Gasteiger partial charge in [0.1, 0.15) is 0 Å². The summed E-state index contributed by atoms with van der Waals surface area (Å²) in [6, 6.07) is 9.17. The van der Waals surface area contributed by atoms with E-state index in [2.05, 4.69) is 57.3 Å². The van der Waals surface area contributed by atoms with E-state index in [4.69, 9.17) is 4.74 Å². The molecule has 2 heteroatoms. The number of rotatable bonds is 8. The van der Waals surface area contributed by atoms with Gasteiger partial charge in [-0.3, -0.25) is 0 Å². The minimum absolute atomic E-state index is 0.275. The molecule has 0 aliphatic carbocycles. The second-order valence-corrected chi connectivity index (χ2v) is 5.62. The highest BCUT2D eigenvalue weighted by molar-refractivity contribution is 5.25. The van der Waals surface area contributed by atoms with Gasteiger partial charge in [0.2, 0.25) is 0 Å². The minimum Gasteiger partial charge on any atom is -0.376 e. The fourth-order valence-electron chi connectivity index (χ4n) is 1.99. The number of ether oxygens (including phenoxy) is 1. The lowest BCUT2D eigenvalue weighted by Gasteiger charge is -2.22. The molecule has 2 nitrogen and oxygen atoms in total. The Morgan fingerprint density at radius 1 is 1.11 bits per heavy atom. The fraction of sp³-hybridized carbons (Fsp3) is 0.647. The highest BCUT2D eigenvalue weighted by atomic mass is 16.5. The Morgan fingerprint density at radius 3 is 2.21 bits per heavy atom. The Labute approximate surface area is 118 Å². The zero-order valence-electron chi connectivity index (χ0n) is 13.1. The van der Waals surface area contributed by atoms with E-state index in [9.17, 15) is 0 Å². The Bertz CT molecular complexity index is 345. The maximum atomic E-state index is 5.93. The third kappa shape index (κ3) is 5.33. The van der Waals surface area contributed by atoms with Crippen LogP contribution in [0, 0.1) is 5.92 Å².